The Bertz CT molecular complexity index is 1220. The maximum atomic E-state index is 13.2. The highest BCUT2D eigenvalue weighted by atomic mass is 35.5. The minimum Gasteiger partial charge on any atom is -0.342 e. The molecule has 35 heavy (non-hydrogen) atoms. The van der Waals surface area contributed by atoms with Gasteiger partial charge in [-0.15, -0.1) is 0 Å². The average molecular weight is 510 g/mol. The van der Waals surface area contributed by atoms with Crippen LogP contribution in [0.2, 0.25) is 5.02 Å². The van der Waals surface area contributed by atoms with Crippen LogP contribution in [-0.4, -0.2) is 39.2 Å². The molecule has 1 aliphatic rings. The molecule has 1 aromatic heterocycles. The molecule has 1 fully saturated rings. The summed E-state index contributed by atoms with van der Waals surface area (Å²) in [5.74, 6) is 1.03. The van der Waals surface area contributed by atoms with E-state index in [0.717, 1.165) is 43.6 Å². The van der Waals surface area contributed by atoms with Crippen molar-refractivity contribution in [2.45, 2.75) is 44.2 Å². The van der Waals surface area contributed by atoms with Crippen LogP contribution in [0.3, 0.4) is 0 Å². The van der Waals surface area contributed by atoms with Crippen molar-refractivity contribution in [1.29, 1.82) is 0 Å². The second-order valence-corrected chi connectivity index (χ2v) is 10.5. The van der Waals surface area contributed by atoms with Gasteiger partial charge in [0.15, 0.2) is 5.16 Å². The Morgan fingerprint density at radius 1 is 1.09 bits per heavy atom. The summed E-state index contributed by atoms with van der Waals surface area (Å²) in [6.07, 6.45) is 4.28. The lowest BCUT2D eigenvalue weighted by Crippen LogP contribution is -2.40. The van der Waals surface area contributed by atoms with Crippen LogP contribution in [0.5, 0.6) is 0 Å². The van der Waals surface area contributed by atoms with Gasteiger partial charge in [0.1, 0.15) is 0 Å². The molecule has 0 radical (unpaired) electrons. The van der Waals surface area contributed by atoms with Crippen molar-refractivity contribution in [3.05, 3.63) is 92.4 Å². The Kier molecular flexibility index (Phi) is 8.69. The molecule has 3 aromatic rings. The quantitative estimate of drug-likeness (QED) is 0.311. The van der Waals surface area contributed by atoms with Gasteiger partial charge in [-0.05, 0) is 54.9 Å². The number of piperidine rings is 1. The zero-order valence-electron chi connectivity index (χ0n) is 20.4. The first-order chi connectivity index (χ1) is 16.9. The Hall–Kier alpha value is -2.57. The highest BCUT2D eigenvalue weighted by Gasteiger charge is 2.24. The Morgan fingerprint density at radius 2 is 1.80 bits per heavy atom. The van der Waals surface area contributed by atoms with E-state index in [-0.39, 0.29) is 11.5 Å². The third kappa shape index (κ3) is 6.56. The molecule has 0 spiro atoms. The van der Waals surface area contributed by atoms with Gasteiger partial charge in [-0.25, -0.2) is 4.98 Å². The average Bonchev–Trinajstić information content (AvgIpc) is 2.87. The number of nitrogens with zero attached hydrogens (tertiary/aromatic N) is 3. The third-order valence-electron chi connectivity index (χ3n) is 6.69. The second kappa shape index (κ2) is 11.9. The summed E-state index contributed by atoms with van der Waals surface area (Å²) in [4.78, 5) is 32.8. The number of carbonyl (C=O) groups is 1. The number of aromatic nitrogens is 2. The monoisotopic (exact) mass is 509 g/mol. The van der Waals surface area contributed by atoms with E-state index in [1.165, 1.54) is 17.3 Å². The number of amides is 1. The predicted molar refractivity (Wildman–Crippen MR) is 143 cm³/mol. The van der Waals surface area contributed by atoms with E-state index in [0.29, 0.717) is 40.3 Å². The van der Waals surface area contributed by atoms with Gasteiger partial charge in [0.05, 0.1) is 11.4 Å². The number of rotatable bonds is 8. The highest BCUT2D eigenvalue weighted by Crippen LogP contribution is 2.24. The van der Waals surface area contributed by atoms with Crippen molar-refractivity contribution in [2.75, 3.05) is 18.8 Å². The van der Waals surface area contributed by atoms with Crippen molar-refractivity contribution < 1.29 is 4.79 Å². The van der Waals surface area contributed by atoms with E-state index >= 15 is 0 Å². The number of hydrogen-bond acceptors (Lipinski definition) is 4. The molecule has 184 valence electrons. The first-order valence-corrected chi connectivity index (χ1v) is 13.6. The first kappa shape index (κ1) is 25.5. The van der Waals surface area contributed by atoms with Crippen LogP contribution in [0.4, 0.5) is 0 Å². The third-order valence-corrected chi connectivity index (χ3v) is 7.94. The fraction of sp³-hybridized carbons (Fsp3) is 0.393. The molecule has 2 aromatic carbocycles. The summed E-state index contributed by atoms with van der Waals surface area (Å²) < 4.78 is 1.57. The summed E-state index contributed by atoms with van der Waals surface area (Å²) in [5, 5.41) is 1.24. The van der Waals surface area contributed by atoms with Gasteiger partial charge in [-0.2, -0.15) is 0 Å². The lowest BCUT2D eigenvalue weighted by molar-refractivity contribution is -0.129. The predicted octanol–water partition coefficient (Wildman–Crippen LogP) is 5.16. The largest absolute Gasteiger partial charge is 0.342 e. The van der Waals surface area contributed by atoms with Crippen LogP contribution in [0, 0.1) is 5.92 Å². The van der Waals surface area contributed by atoms with Crippen LogP contribution in [0.25, 0.3) is 0 Å². The number of carbonyl (C=O) groups excluding carboxylic acids is 1. The molecule has 4 rings (SSSR count). The highest BCUT2D eigenvalue weighted by molar-refractivity contribution is 7.99. The first-order valence-electron chi connectivity index (χ1n) is 12.2. The molecule has 2 heterocycles. The van der Waals surface area contributed by atoms with Gasteiger partial charge in [-0.1, -0.05) is 72.8 Å². The zero-order valence-corrected chi connectivity index (χ0v) is 21.9. The van der Waals surface area contributed by atoms with E-state index in [4.69, 9.17) is 16.6 Å². The van der Waals surface area contributed by atoms with Gasteiger partial charge in [0, 0.05) is 37.1 Å². The van der Waals surface area contributed by atoms with Crippen molar-refractivity contribution in [3.63, 3.8) is 0 Å². The van der Waals surface area contributed by atoms with Crippen LogP contribution in [0.1, 0.15) is 42.1 Å². The molecule has 7 heteroatoms. The van der Waals surface area contributed by atoms with E-state index in [1.54, 1.807) is 11.6 Å². The molecule has 0 bridgehead atoms. The Morgan fingerprint density at radius 3 is 2.49 bits per heavy atom. The lowest BCUT2D eigenvalue weighted by Gasteiger charge is -2.32. The normalized spacial score (nSPS) is 14.3. The fourth-order valence-electron chi connectivity index (χ4n) is 4.67. The summed E-state index contributed by atoms with van der Waals surface area (Å²) >= 11 is 7.47. The standard InChI is InChI=1S/C28H32ClN3O2S/c1-3-25-24(18-22-10-7-11-23(29)17-22)27(34)31(2)28(30-25)35-19-26(33)32-14-12-21(13-15-32)16-20-8-5-4-6-9-20/h4-11,17,21H,3,12-16,18-19H2,1-2H3. The van der Waals surface area contributed by atoms with Crippen LogP contribution < -0.4 is 5.56 Å². The van der Waals surface area contributed by atoms with Gasteiger partial charge in [0.25, 0.3) is 5.56 Å². The van der Waals surface area contributed by atoms with E-state index in [9.17, 15) is 9.59 Å². The molecule has 1 amide bonds. The minimum atomic E-state index is -0.0616. The molecule has 1 saturated heterocycles. The molecule has 1 aliphatic heterocycles. The zero-order chi connectivity index (χ0) is 24.8. The second-order valence-electron chi connectivity index (χ2n) is 9.15. The van der Waals surface area contributed by atoms with Crippen molar-refractivity contribution >= 4 is 29.3 Å². The molecular formula is C28H32ClN3O2S. The number of benzene rings is 2. The number of likely N-dealkylation sites (tertiary alicyclic amines) is 1. The summed E-state index contributed by atoms with van der Waals surface area (Å²) in [7, 11) is 1.73. The molecule has 0 N–H and O–H groups in total. The number of halogens is 1. The number of thioether (sulfide) groups is 1. The minimum absolute atomic E-state index is 0.0616. The summed E-state index contributed by atoms with van der Waals surface area (Å²) in [6, 6.07) is 18.1. The molecule has 0 unspecified atom stereocenters. The fourth-order valence-corrected chi connectivity index (χ4v) is 5.77. The number of aryl methyl sites for hydroxylation is 1. The van der Waals surface area contributed by atoms with E-state index in [1.807, 2.05) is 42.2 Å². The molecule has 0 atom stereocenters. The molecule has 0 aliphatic carbocycles. The van der Waals surface area contributed by atoms with Gasteiger partial charge in [0.2, 0.25) is 5.91 Å². The van der Waals surface area contributed by atoms with E-state index in [2.05, 4.69) is 24.3 Å². The molecular weight excluding hydrogens is 478 g/mol. The number of hydrogen-bond donors (Lipinski definition) is 0. The van der Waals surface area contributed by atoms with Crippen LogP contribution >= 0.6 is 23.4 Å². The van der Waals surface area contributed by atoms with Crippen LogP contribution in [0.15, 0.2) is 64.5 Å². The van der Waals surface area contributed by atoms with Gasteiger partial charge >= 0.3 is 0 Å². The van der Waals surface area contributed by atoms with Crippen molar-refractivity contribution in [3.8, 4) is 0 Å². The molecule has 5 nitrogen and oxygen atoms in total. The van der Waals surface area contributed by atoms with Gasteiger partial charge in [-0.3, -0.25) is 14.2 Å². The van der Waals surface area contributed by atoms with Crippen molar-refractivity contribution in [1.82, 2.24) is 14.5 Å². The lowest BCUT2D eigenvalue weighted by atomic mass is 9.90. The van der Waals surface area contributed by atoms with E-state index < -0.39 is 0 Å². The molecule has 0 saturated carbocycles. The SMILES string of the molecule is CCc1nc(SCC(=O)N2CCC(Cc3ccccc3)CC2)n(C)c(=O)c1Cc1cccc(Cl)c1. The topological polar surface area (TPSA) is 55.2 Å². The summed E-state index contributed by atoms with van der Waals surface area (Å²) in [6.45, 7) is 3.59. The Balaban J connectivity index is 1.36. The Labute approximate surface area is 216 Å². The van der Waals surface area contributed by atoms with Crippen LogP contribution in [-0.2, 0) is 31.1 Å². The summed E-state index contributed by atoms with van der Waals surface area (Å²) in [5.41, 5.74) is 3.76. The van der Waals surface area contributed by atoms with Crippen molar-refractivity contribution in [2.24, 2.45) is 13.0 Å². The smallest absolute Gasteiger partial charge is 0.257 e. The maximum Gasteiger partial charge on any atom is 0.257 e. The maximum absolute atomic E-state index is 13.2. The van der Waals surface area contributed by atoms with Gasteiger partial charge < -0.3 is 4.90 Å².